The third-order valence-corrected chi connectivity index (χ3v) is 7.70. The molecule has 0 radical (unpaired) electrons. The summed E-state index contributed by atoms with van der Waals surface area (Å²) in [5.41, 5.74) is 2.03. The molecule has 2 amide bonds. The maximum atomic E-state index is 12.9. The molecule has 2 heterocycles. The van der Waals surface area contributed by atoms with Crippen molar-refractivity contribution in [2.45, 2.75) is 77.4 Å². The van der Waals surface area contributed by atoms with Crippen LogP contribution in [0.4, 0.5) is 4.79 Å². The molecule has 1 aromatic carbocycles. The van der Waals surface area contributed by atoms with Crippen LogP contribution >= 0.6 is 0 Å². The van der Waals surface area contributed by atoms with Crippen molar-refractivity contribution >= 4 is 17.6 Å². The van der Waals surface area contributed by atoms with E-state index in [1.807, 2.05) is 37.8 Å². The van der Waals surface area contributed by atoms with Gasteiger partial charge in [0.25, 0.3) is 0 Å². The molecule has 4 rings (SSSR count). The Morgan fingerprint density at radius 3 is 2.19 bits per heavy atom. The summed E-state index contributed by atoms with van der Waals surface area (Å²) in [6.07, 6.45) is 8.04. The Morgan fingerprint density at radius 2 is 1.62 bits per heavy atom. The molecule has 2 aliphatic heterocycles. The number of amides is 2. The van der Waals surface area contributed by atoms with Crippen LogP contribution in [-0.2, 0) is 9.53 Å². The van der Waals surface area contributed by atoms with Gasteiger partial charge in [-0.05, 0) is 82.1 Å². The molecule has 0 saturated carbocycles. The van der Waals surface area contributed by atoms with E-state index < -0.39 is 5.60 Å². The number of carbonyl (C=O) groups is 2. The lowest BCUT2D eigenvalue weighted by Crippen LogP contribution is -2.42. The molecule has 1 aromatic rings. The maximum Gasteiger partial charge on any atom is 0.410 e. The van der Waals surface area contributed by atoms with E-state index in [2.05, 4.69) is 23.1 Å². The third-order valence-electron chi connectivity index (χ3n) is 7.70. The number of allylic oxidation sites excluding steroid dienone is 2. The number of benzene rings is 1. The van der Waals surface area contributed by atoms with Gasteiger partial charge in [0, 0.05) is 44.9 Å². The van der Waals surface area contributed by atoms with Gasteiger partial charge in [-0.15, -0.1) is 0 Å². The highest BCUT2D eigenvalue weighted by Crippen LogP contribution is 2.33. The number of carbonyl (C=O) groups excluding carboxylic acids is 2. The molecule has 7 heteroatoms. The van der Waals surface area contributed by atoms with Gasteiger partial charge in [-0.25, -0.2) is 11.4 Å². The van der Waals surface area contributed by atoms with Gasteiger partial charge in [0.2, 0.25) is 11.9 Å². The van der Waals surface area contributed by atoms with Crippen LogP contribution in [0.25, 0.3) is 10.4 Å². The van der Waals surface area contributed by atoms with Crippen molar-refractivity contribution in [1.29, 1.82) is 0 Å². The Morgan fingerprint density at radius 1 is 0.973 bits per heavy atom. The molecule has 37 heavy (non-hydrogen) atoms. The van der Waals surface area contributed by atoms with Gasteiger partial charge in [0.15, 0.2) is 0 Å². The van der Waals surface area contributed by atoms with Crippen LogP contribution in [0.3, 0.4) is 0 Å². The van der Waals surface area contributed by atoms with Crippen LogP contribution in [0.2, 0.25) is 0 Å². The molecule has 7 nitrogen and oxygen atoms in total. The average Bonchev–Trinajstić information content (AvgIpc) is 2.91. The van der Waals surface area contributed by atoms with Crippen molar-refractivity contribution in [3.8, 4) is 5.75 Å². The summed E-state index contributed by atoms with van der Waals surface area (Å²) in [6.45, 7) is 16.4. The minimum Gasteiger partial charge on any atom is -0.493 e. The summed E-state index contributed by atoms with van der Waals surface area (Å²) in [4.78, 5) is 32.6. The van der Waals surface area contributed by atoms with Crippen molar-refractivity contribution < 1.29 is 19.1 Å². The fraction of sp³-hybridized carbons (Fsp3) is 0.633. The van der Waals surface area contributed by atoms with Gasteiger partial charge in [-0.3, -0.25) is 4.79 Å². The highest BCUT2D eigenvalue weighted by atomic mass is 16.6. The third kappa shape index (κ3) is 7.50. The minimum atomic E-state index is -0.465. The zero-order valence-corrected chi connectivity index (χ0v) is 22.6. The SMILES string of the molecule is [C-]#[N+]C1CCN(C(=O)C2CC=C(c3ccc(OCC4CCN(C(=O)OC(C)(C)C)CC4)cc3)CC2)CC1. The summed E-state index contributed by atoms with van der Waals surface area (Å²) >= 11 is 0. The summed E-state index contributed by atoms with van der Waals surface area (Å²) in [5.74, 6) is 1.63. The molecule has 2 fully saturated rings. The summed E-state index contributed by atoms with van der Waals surface area (Å²) in [6, 6.07) is 8.38. The molecule has 1 atom stereocenters. The molecule has 2 saturated heterocycles. The topological polar surface area (TPSA) is 63.4 Å². The van der Waals surface area contributed by atoms with Crippen LogP contribution in [-0.4, -0.2) is 66.2 Å². The van der Waals surface area contributed by atoms with Crippen LogP contribution < -0.4 is 4.74 Å². The van der Waals surface area contributed by atoms with Crippen molar-refractivity contribution in [2.24, 2.45) is 11.8 Å². The van der Waals surface area contributed by atoms with Gasteiger partial charge < -0.3 is 24.1 Å². The average molecular weight is 508 g/mol. The van der Waals surface area contributed by atoms with Crippen molar-refractivity contribution in [3.63, 3.8) is 0 Å². The van der Waals surface area contributed by atoms with E-state index in [4.69, 9.17) is 16.0 Å². The van der Waals surface area contributed by atoms with Gasteiger partial charge >= 0.3 is 6.09 Å². The predicted octanol–water partition coefficient (Wildman–Crippen LogP) is 5.81. The summed E-state index contributed by atoms with van der Waals surface area (Å²) in [7, 11) is 0. The highest BCUT2D eigenvalue weighted by Gasteiger charge is 2.31. The zero-order chi connectivity index (χ0) is 26.4. The summed E-state index contributed by atoms with van der Waals surface area (Å²) < 4.78 is 11.6. The van der Waals surface area contributed by atoms with Gasteiger partial charge in [-0.1, -0.05) is 18.2 Å². The maximum absolute atomic E-state index is 12.9. The van der Waals surface area contributed by atoms with Crippen LogP contribution in [0.1, 0.15) is 71.3 Å². The number of nitrogens with zero attached hydrogens (tertiary/aromatic N) is 3. The largest absolute Gasteiger partial charge is 0.493 e. The van der Waals surface area contributed by atoms with Gasteiger partial charge in [-0.2, -0.15) is 0 Å². The first-order valence-corrected chi connectivity index (χ1v) is 13.8. The second-order valence-electron chi connectivity index (χ2n) is 11.6. The number of rotatable bonds is 5. The first-order chi connectivity index (χ1) is 17.7. The second-order valence-corrected chi connectivity index (χ2v) is 11.6. The number of hydrogen-bond acceptors (Lipinski definition) is 4. The predicted molar refractivity (Wildman–Crippen MR) is 144 cm³/mol. The van der Waals surface area contributed by atoms with Crippen molar-refractivity contribution in [1.82, 2.24) is 9.80 Å². The number of likely N-dealkylation sites (tertiary alicyclic amines) is 2. The van der Waals surface area contributed by atoms with Crippen LogP contribution in [0.5, 0.6) is 5.75 Å². The number of ether oxygens (including phenoxy) is 2. The Kier molecular flexibility index (Phi) is 8.79. The summed E-state index contributed by atoms with van der Waals surface area (Å²) in [5, 5.41) is 0. The van der Waals surface area contributed by atoms with Gasteiger partial charge in [0.1, 0.15) is 11.4 Å². The van der Waals surface area contributed by atoms with E-state index in [9.17, 15) is 9.59 Å². The molecule has 0 spiro atoms. The van der Waals surface area contributed by atoms with Crippen molar-refractivity contribution in [3.05, 3.63) is 47.3 Å². The van der Waals surface area contributed by atoms with E-state index in [1.165, 1.54) is 11.1 Å². The van der Waals surface area contributed by atoms with E-state index in [1.54, 1.807) is 4.90 Å². The van der Waals surface area contributed by atoms with E-state index >= 15 is 0 Å². The smallest absolute Gasteiger partial charge is 0.410 e. The zero-order valence-electron chi connectivity index (χ0n) is 22.6. The molecule has 200 valence electrons. The Balaban J connectivity index is 1.20. The lowest BCUT2D eigenvalue weighted by atomic mass is 9.85. The molecular formula is C30H41N3O4. The molecule has 0 aromatic heterocycles. The molecule has 0 bridgehead atoms. The Hall–Kier alpha value is -3.01. The fourth-order valence-corrected chi connectivity index (χ4v) is 5.38. The Bertz CT molecular complexity index is 1000. The van der Waals surface area contributed by atoms with E-state index in [-0.39, 0.29) is 24.0 Å². The van der Waals surface area contributed by atoms with E-state index in [0.717, 1.165) is 63.8 Å². The van der Waals surface area contributed by atoms with E-state index in [0.29, 0.717) is 25.6 Å². The van der Waals surface area contributed by atoms with Crippen LogP contribution in [0.15, 0.2) is 30.3 Å². The van der Waals surface area contributed by atoms with Crippen LogP contribution in [0, 0.1) is 18.4 Å². The first kappa shape index (κ1) is 27.0. The molecule has 3 aliphatic rings. The quantitative estimate of drug-likeness (QED) is 0.472. The number of piperidine rings is 2. The highest BCUT2D eigenvalue weighted by molar-refractivity contribution is 5.81. The Labute approximate surface area is 221 Å². The molecule has 1 aliphatic carbocycles. The lowest BCUT2D eigenvalue weighted by Gasteiger charge is -2.33. The van der Waals surface area contributed by atoms with Gasteiger partial charge in [0.05, 0.1) is 6.61 Å². The number of hydrogen-bond donors (Lipinski definition) is 0. The fourth-order valence-electron chi connectivity index (χ4n) is 5.38. The lowest BCUT2D eigenvalue weighted by molar-refractivity contribution is -0.136. The second kappa shape index (κ2) is 12.0. The first-order valence-electron chi connectivity index (χ1n) is 13.8. The van der Waals surface area contributed by atoms with Crippen molar-refractivity contribution in [2.75, 3.05) is 32.8 Å². The molecule has 0 N–H and O–H groups in total. The molecular weight excluding hydrogens is 466 g/mol. The monoisotopic (exact) mass is 507 g/mol. The normalized spacial score (nSPS) is 21.7. The standard InChI is InChI=1S/C30H41N3O4/c1-30(2,3)37-29(35)33-17-13-22(14-18-33)21-36-27-11-9-24(10-12-27)23-5-7-25(8-6-23)28(34)32-19-15-26(31-4)16-20-32/h5,9-12,22,25-26H,6-8,13-21H2,1-3H3. The minimum absolute atomic E-state index is 0.0672. The molecule has 1 unspecified atom stereocenters.